The number of benzene rings is 1. The molecule has 4 aliphatic rings. The Kier molecular flexibility index (Phi) is 3.53. The molecule has 2 unspecified atom stereocenters. The van der Waals surface area contributed by atoms with Crippen molar-refractivity contribution in [3.8, 4) is 11.5 Å². The smallest absolute Gasteiger partial charge is 0.166 e. The lowest BCUT2D eigenvalue weighted by Gasteiger charge is -2.45. The zero-order valence-electron chi connectivity index (χ0n) is 12.8. The Hall–Kier alpha value is -1.27. The summed E-state index contributed by atoms with van der Waals surface area (Å²) in [6.45, 7) is 2.33. The van der Waals surface area contributed by atoms with E-state index in [1.807, 2.05) is 6.07 Å². The number of fused-ring (bicyclic) bond motifs is 2. The molecule has 0 amide bonds. The van der Waals surface area contributed by atoms with Gasteiger partial charge in [-0.2, -0.15) is 5.10 Å². The van der Waals surface area contributed by atoms with Crippen LogP contribution in [0.5, 0.6) is 11.5 Å². The summed E-state index contributed by atoms with van der Waals surface area (Å²) >= 11 is 3.58. The Morgan fingerprint density at radius 1 is 1.23 bits per heavy atom. The molecule has 2 atom stereocenters. The molecule has 0 radical (unpaired) electrons. The molecule has 1 N–H and O–H groups in total. The average Bonchev–Trinajstić information content (AvgIpc) is 3.02. The molecule has 4 heterocycles. The highest BCUT2D eigenvalue weighted by atomic mass is 79.9. The third kappa shape index (κ3) is 2.04. The topological polar surface area (TPSA) is 46.1 Å². The lowest BCUT2D eigenvalue weighted by molar-refractivity contribution is 0.133. The molecule has 5 rings (SSSR count). The fourth-order valence-corrected chi connectivity index (χ4v) is 4.54. The minimum absolute atomic E-state index is 0.124. The highest BCUT2D eigenvalue weighted by Crippen LogP contribution is 2.44. The Labute approximate surface area is 138 Å². The van der Waals surface area contributed by atoms with E-state index < -0.39 is 0 Å². The first kappa shape index (κ1) is 14.3. The quantitative estimate of drug-likeness (QED) is 0.893. The molecule has 0 spiro atoms. The maximum Gasteiger partial charge on any atom is 0.166 e. The summed E-state index contributed by atoms with van der Waals surface area (Å²) < 4.78 is 12.1. The van der Waals surface area contributed by atoms with Crippen molar-refractivity contribution >= 4 is 21.6 Å². The Morgan fingerprint density at radius 2 is 2.00 bits per heavy atom. The molecule has 0 aromatic heterocycles. The van der Waals surface area contributed by atoms with E-state index in [0.29, 0.717) is 12.0 Å². The van der Waals surface area contributed by atoms with Gasteiger partial charge >= 0.3 is 0 Å². The summed E-state index contributed by atoms with van der Waals surface area (Å²) in [7, 11) is 3.36. The number of methoxy groups -OCH3 is 2. The summed E-state index contributed by atoms with van der Waals surface area (Å²) in [5.41, 5.74) is 5.78. The number of halogens is 1. The van der Waals surface area contributed by atoms with Crippen molar-refractivity contribution in [3.63, 3.8) is 0 Å². The van der Waals surface area contributed by atoms with Crippen LogP contribution in [0.15, 0.2) is 21.7 Å². The number of hydrazone groups is 1. The Bertz CT molecular complexity index is 626. The summed E-state index contributed by atoms with van der Waals surface area (Å²) in [5.74, 6) is 2.19. The van der Waals surface area contributed by atoms with Crippen LogP contribution in [0.4, 0.5) is 0 Å². The van der Waals surface area contributed by atoms with Gasteiger partial charge in [0, 0.05) is 16.0 Å². The maximum atomic E-state index is 5.64. The molecule has 6 heteroatoms. The van der Waals surface area contributed by atoms with Crippen molar-refractivity contribution in [1.29, 1.82) is 0 Å². The van der Waals surface area contributed by atoms with Crippen molar-refractivity contribution in [1.82, 2.24) is 10.3 Å². The Morgan fingerprint density at radius 3 is 2.68 bits per heavy atom. The highest BCUT2D eigenvalue weighted by Gasteiger charge is 2.47. The molecule has 1 aromatic carbocycles. The van der Waals surface area contributed by atoms with Gasteiger partial charge in [-0.25, -0.2) is 0 Å². The number of ether oxygens (including phenoxy) is 2. The van der Waals surface area contributed by atoms with Crippen LogP contribution in [0.25, 0.3) is 0 Å². The number of hydrogen-bond donors (Lipinski definition) is 1. The van der Waals surface area contributed by atoms with Gasteiger partial charge in [0.25, 0.3) is 0 Å². The van der Waals surface area contributed by atoms with Crippen LogP contribution in [0, 0.1) is 5.92 Å². The highest BCUT2D eigenvalue weighted by molar-refractivity contribution is 9.10. The van der Waals surface area contributed by atoms with Gasteiger partial charge in [-0.1, -0.05) is 15.9 Å². The van der Waals surface area contributed by atoms with Gasteiger partial charge in [-0.05, 0) is 38.1 Å². The molecule has 0 saturated carbocycles. The van der Waals surface area contributed by atoms with Crippen LogP contribution >= 0.6 is 15.9 Å². The summed E-state index contributed by atoms with van der Waals surface area (Å²) in [4.78, 5) is 2.55. The van der Waals surface area contributed by atoms with E-state index in [2.05, 4.69) is 37.4 Å². The lowest BCUT2D eigenvalue weighted by atomic mass is 9.78. The summed E-state index contributed by atoms with van der Waals surface area (Å²) in [6.07, 6.45) is 2.48. The zero-order chi connectivity index (χ0) is 15.3. The number of nitrogens with one attached hydrogen (secondary N) is 1. The fraction of sp³-hybridized carbons (Fsp3) is 0.562. The largest absolute Gasteiger partial charge is 0.493 e. The number of hydrogen-bond acceptors (Lipinski definition) is 5. The monoisotopic (exact) mass is 365 g/mol. The molecule has 3 saturated heterocycles. The standard InChI is InChI=1S/C16H20BrN3O2/c1-21-12-8-10(17)7-11(16(12)22-2)14-15-13(18-19-14)9-3-5-20(15)6-4-9/h7-9,14-15,19H,3-6H2,1-2H3. The molecule has 22 heavy (non-hydrogen) atoms. The van der Waals surface area contributed by atoms with Crippen molar-refractivity contribution < 1.29 is 9.47 Å². The second kappa shape index (κ2) is 5.42. The molecule has 118 valence electrons. The predicted octanol–water partition coefficient (Wildman–Crippen LogP) is 2.56. The first-order valence-electron chi connectivity index (χ1n) is 7.71. The Balaban J connectivity index is 1.76. The van der Waals surface area contributed by atoms with E-state index in [9.17, 15) is 0 Å². The van der Waals surface area contributed by atoms with Crippen molar-refractivity contribution in [2.24, 2.45) is 11.0 Å². The first-order valence-corrected chi connectivity index (χ1v) is 8.50. The molecule has 1 aromatic rings. The minimum atomic E-state index is 0.124. The molecule has 0 aliphatic carbocycles. The molecule has 3 fully saturated rings. The predicted molar refractivity (Wildman–Crippen MR) is 88.6 cm³/mol. The van der Waals surface area contributed by atoms with Crippen LogP contribution in [-0.4, -0.2) is 44.0 Å². The van der Waals surface area contributed by atoms with E-state index >= 15 is 0 Å². The summed E-state index contributed by atoms with van der Waals surface area (Å²) in [6, 6.07) is 4.52. The van der Waals surface area contributed by atoms with E-state index in [-0.39, 0.29) is 6.04 Å². The van der Waals surface area contributed by atoms with Gasteiger partial charge in [0.2, 0.25) is 0 Å². The maximum absolute atomic E-state index is 5.64. The van der Waals surface area contributed by atoms with Gasteiger partial charge in [-0.3, -0.25) is 4.90 Å². The van der Waals surface area contributed by atoms with Crippen LogP contribution < -0.4 is 14.9 Å². The third-order valence-electron chi connectivity index (χ3n) is 5.10. The van der Waals surface area contributed by atoms with E-state index in [0.717, 1.165) is 21.5 Å². The van der Waals surface area contributed by atoms with Crippen molar-refractivity contribution in [2.45, 2.75) is 24.9 Å². The van der Waals surface area contributed by atoms with Gasteiger partial charge in [0.1, 0.15) is 0 Å². The normalized spacial score (nSPS) is 32.2. The van der Waals surface area contributed by atoms with Crippen LogP contribution in [0.2, 0.25) is 0 Å². The molecular weight excluding hydrogens is 346 g/mol. The van der Waals surface area contributed by atoms with E-state index in [4.69, 9.17) is 9.47 Å². The van der Waals surface area contributed by atoms with Crippen molar-refractivity contribution in [2.75, 3.05) is 27.3 Å². The van der Waals surface area contributed by atoms with Gasteiger partial charge in [0.15, 0.2) is 11.5 Å². The third-order valence-corrected chi connectivity index (χ3v) is 5.56. The number of piperidine rings is 3. The van der Waals surface area contributed by atoms with Crippen LogP contribution in [-0.2, 0) is 0 Å². The SMILES string of the molecule is COc1cc(Br)cc(C2NN=C3C4CCN(CC4)C32)c1OC. The van der Waals surface area contributed by atoms with Crippen LogP contribution in [0.1, 0.15) is 24.4 Å². The fourth-order valence-electron chi connectivity index (χ4n) is 4.09. The zero-order valence-corrected chi connectivity index (χ0v) is 14.4. The number of rotatable bonds is 3. The van der Waals surface area contributed by atoms with Gasteiger partial charge < -0.3 is 14.9 Å². The number of nitrogens with zero attached hydrogens (tertiary/aromatic N) is 2. The lowest BCUT2D eigenvalue weighted by Crippen LogP contribution is -2.56. The minimum Gasteiger partial charge on any atom is -0.493 e. The van der Waals surface area contributed by atoms with Gasteiger partial charge in [-0.15, -0.1) is 0 Å². The molecular formula is C16H20BrN3O2. The average molecular weight is 366 g/mol. The molecule has 4 aliphatic heterocycles. The van der Waals surface area contributed by atoms with Gasteiger partial charge in [0.05, 0.1) is 32.0 Å². The second-order valence-electron chi connectivity index (χ2n) is 6.13. The molecule has 2 bridgehead atoms. The second-order valence-corrected chi connectivity index (χ2v) is 7.04. The van der Waals surface area contributed by atoms with Crippen LogP contribution in [0.3, 0.4) is 0 Å². The van der Waals surface area contributed by atoms with E-state index in [1.165, 1.54) is 31.6 Å². The summed E-state index contributed by atoms with van der Waals surface area (Å²) in [5, 5.41) is 4.67. The van der Waals surface area contributed by atoms with E-state index in [1.54, 1.807) is 14.2 Å². The molecule has 5 nitrogen and oxygen atoms in total. The first-order chi connectivity index (χ1) is 10.7. The van der Waals surface area contributed by atoms with Crippen molar-refractivity contribution in [3.05, 3.63) is 22.2 Å².